The first-order chi connectivity index (χ1) is 21.0. The van der Waals surface area contributed by atoms with E-state index in [9.17, 15) is 0 Å². The Morgan fingerprint density at radius 3 is 2.12 bits per heavy atom. The number of hydrogen-bond donors (Lipinski definition) is 1. The minimum absolute atomic E-state index is 0.250. The Balaban J connectivity index is 0.000000181. The van der Waals surface area contributed by atoms with Crippen molar-refractivity contribution in [3.8, 4) is 0 Å². The second-order valence-electron chi connectivity index (χ2n) is 12.8. The normalized spacial score (nSPS) is 20.9. The SMILES string of the molecule is CC(C1CCCCC1)N1CCC(c2ccccc2)C1.CCn1nc(Cc2ccccc2)cc1C1CCN(C)CC1.O=CO. The van der Waals surface area contributed by atoms with Crippen LogP contribution in [-0.4, -0.2) is 70.4 Å². The number of aryl methyl sites for hydroxylation is 1. The van der Waals surface area contributed by atoms with E-state index in [1.807, 2.05) is 0 Å². The molecule has 0 radical (unpaired) electrons. The maximum absolute atomic E-state index is 8.36. The Kier molecular flexibility index (Phi) is 13.3. The number of likely N-dealkylation sites (tertiary alicyclic amines) is 2. The van der Waals surface area contributed by atoms with Crippen molar-refractivity contribution in [2.45, 2.75) is 96.1 Å². The summed E-state index contributed by atoms with van der Waals surface area (Å²) < 4.78 is 2.22. The van der Waals surface area contributed by atoms with Gasteiger partial charge in [-0.2, -0.15) is 5.10 Å². The molecule has 3 heterocycles. The number of aromatic nitrogens is 2. The molecule has 0 spiro atoms. The summed E-state index contributed by atoms with van der Waals surface area (Å²) in [4.78, 5) is 13.5. The van der Waals surface area contributed by atoms with E-state index in [4.69, 9.17) is 15.0 Å². The summed E-state index contributed by atoms with van der Waals surface area (Å²) in [5, 5.41) is 11.7. The van der Waals surface area contributed by atoms with Gasteiger partial charge >= 0.3 is 0 Å². The molecule has 2 saturated heterocycles. The van der Waals surface area contributed by atoms with Crippen LogP contribution in [0, 0.1) is 5.92 Å². The van der Waals surface area contributed by atoms with Gasteiger partial charge in [-0.3, -0.25) is 14.4 Å². The molecule has 2 unspecified atom stereocenters. The van der Waals surface area contributed by atoms with Gasteiger partial charge in [-0.05, 0) is 102 Å². The molecule has 3 fully saturated rings. The van der Waals surface area contributed by atoms with Crippen molar-refractivity contribution in [1.82, 2.24) is 19.6 Å². The van der Waals surface area contributed by atoms with Gasteiger partial charge in [0.1, 0.15) is 0 Å². The van der Waals surface area contributed by atoms with Crippen molar-refractivity contribution in [3.05, 3.63) is 89.2 Å². The molecule has 6 heteroatoms. The highest BCUT2D eigenvalue weighted by Gasteiger charge is 2.31. The van der Waals surface area contributed by atoms with E-state index < -0.39 is 0 Å². The first-order valence-corrected chi connectivity index (χ1v) is 16.7. The van der Waals surface area contributed by atoms with E-state index >= 15 is 0 Å². The molecule has 0 amide bonds. The zero-order chi connectivity index (χ0) is 30.4. The monoisotopic (exact) mass is 586 g/mol. The summed E-state index contributed by atoms with van der Waals surface area (Å²) in [5.74, 6) is 2.41. The van der Waals surface area contributed by atoms with Crippen LogP contribution < -0.4 is 0 Å². The van der Waals surface area contributed by atoms with Crippen molar-refractivity contribution in [2.75, 3.05) is 33.2 Å². The molecule has 2 aliphatic heterocycles. The van der Waals surface area contributed by atoms with Crippen molar-refractivity contribution >= 4 is 6.47 Å². The Morgan fingerprint density at radius 1 is 0.884 bits per heavy atom. The molecule has 2 aromatic carbocycles. The third kappa shape index (κ3) is 9.77. The summed E-state index contributed by atoms with van der Waals surface area (Å²) in [6.07, 6.45) is 12.1. The van der Waals surface area contributed by atoms with Crippen LogP contribution in [0.3, 0.4) is 0 Å². The van der Waals surface area contributed by atoms with Gasteiger partial charge in [-0.25, -0.2) is 0 Å². The van der Waals surface area contributed by atoms with Crippen LogP contribution in [0.15, 0.2) is 66.7 Å². The predicted molar refractivity (Wildman–Crippen MR) is 177 cm³/mol. The molecule has 1 aromatic heterocycles. The van der Waals surface area contributed by atoms with Gasteiger partial charge in [0.25, 0.3) is 6.47 Å². The van der Waals surface area contributed by atoms with Crippen LogP contribution in [0.25, 0.3) is 0 Å². The number of rotatable bonds is 7. The average Bonchev–Trinajstić information content (AvgIpc) is 3.71. The number of carbonyl (C=O) groups is 1. The van der Waals surface area contributed by atoms with E-state index in [0.717, 1.165) is 30.8 Å². The van der Waals surface area contributed by atoms with Crippen LogP contribution in [0.5, 0.6) is 0 Å². The highest BCUT2D eigenvalue weighted by Crippen LogP contribution is 2.34. The van der Waals surface area contributed by atoms with Gasteiger partial charge in [0.15, 0.2) is 0 Å². The summed E-state index contributed by atoms with van der Waals surface area (Å²) >= 11 is 0. The Bertz CT molecular complexity index is 1180. The minimum atomic E-state index is -0.250. The second kappa shape index (κ2) is 17.4. The van der Waals surface area contributed by atoms with Gasteiger partial charge in [-0.1, -0.05) is 79.9 Å². The van der Waals surface area contributed by atoms with Crippen LogP contribution >= 0.6 is 0 Å². The van der Waals surface area contributed by atoms with Gasteiger partial charge in [0.05, 0.1) is 5.69 Å². The summed E-state index contributed by atoms with van der Waals surface area (Å²) in [7, 11) is 2.22. The fraction of sp³-hybridized carbons (Fsp3) is 0.568. The number of benzene rings is 2. The van der Waals surface area contributed by atoms with Gasteiger partial charge in [-0.15, -0.1) is 0 Å². The highest BCUT2D eigenvalue weighted by molar-refractivity contribution is 5.32. The lowest BCUT2D eigenvalue weighted by Gasteiger charge is -2.34. The fourth-order valence-electron chi connectivity index (χ4n) is 7.33. The smallest absolute Gasteiger partial charge is 0.290 e. The molecule has 3 aromatic rings. The number of carboxylic acid groups (broad SMARTS) is 1. The molecule has 1 aliphatic carbocycles. The molecule has 1 saturated carbocycles. The third-order valence-corrected chi connectivity index (χ3v) is 9.92. The van der Waals surface area contributed by atoms with Gasteiger partial charge in [0.2, 0.25) is 0 Å². The standard InChI is InChI=1S/C18H25N3.C18H27N.CH2O2/c1-3-21-18(16-9-11-20(2)12-10-16)14-17(19-21)13-15-7-5-4-6-8-15;1-15(16-8-4-2-5-9-16)19-13-12-18(14-19)17-10-6-3-7-11-17;2-1-3/h4-8,14,16H,3,9-13H2,1-2H3;3,6-7,10-11,15-16,18H,2,4-5,8-9,12-14H2,1H3;1H,(H,2,3). The molecular weight excluding hydrogens is 532 g/mol. The maximum atomic E-state index is 8.36. The Labute approximate surface area is 260 Å². The van der Waals surface area contributed by atoms with Crippen molar-refractivity contribution in [3.63, 3.8) is 0 Å². The first-order valence-electron chi connectivity index (χ1n) is 16.7. The summed E-state index contributed by atoms with van der Waals surface area (Å²) in [6.45, 7) is 10.4. The Hall–Kier alpha value is -2.96. The molecule has 0 bridgehead atoms. The third-order valence-electron chi connectivity index (χ3n) is 9.92. The first kappa shape index (κ1) is 32.9. The molecule has 6 rings (SSSR count). The number of piperidine rings is 1. The molecule has 3 aliphatic rings. The summed E-state index contributed by atoms with van der Waals surface area (Å²) in [5.41, 5.74) is 5.53. The molecule has 2 atom stereocenters. The quantitative estimate of drug-likeness (QED) is 0.292. The van der Waals surface area contributed by atoms with Crippen LogP contribution in [-0.2, 0) is 17.8 Å². The molecule has 1 N–H and O–H groups in total. The largest absolute Gasteiger partial charge is 0.483 e. The van der Waals surface area contributed by atoms with Gasteiger partial charge < -0.3 is 10.0 Å². The van der Waals surface area contributed by atoms with Crippen molar-refractivity contribution in [2.24, 2.45) is 5.92 Å². The lowest BCUT2D eigenvalue weighted by Crippen LogP contribution is -2.37. The minimum Gasteiger partial charge on any atom is -0.483 e. The lowest BCUT2D eigenvalue weighted by molar-refractivity contribution is -0.122. The molecule has 6 nitrogen and oxygen atoms in total. The van der Waals surface area contributed by atoms with Crippen molar-refractivity contribution in [1.29, 1.82) is 0 Å². The average molecular weight is 587 g/mol. The second-order valence-corrected chi connectivity index (χ2v) is 12.8. The van der Waals surface area contributed by atoms with Crippen LogP contribution in [0.2, 0.25) is 0 Å². The van der Waals surface area contributed by atoms with E-state index in [1.165, 1.54) is 94.5 Å². The zero-order valence-electron chi connectivity index (χ0n) is 26.8. The fourth-order valence-corrected chi connectivity index (χ4v) is 7.33. The number of hydrogen-bond acceptors (Lipinski definition) is 4. The van der Waals surface area contributed by atoms with E-state index in [2.05, 4.69) is 102 Å². The Morgan fingerprint density at radius 2 is 1.49 bits per heavy atom. The van der Waals surface area contributed by atoms with Crippen molar-refractivity contribution < 1.29 is 9.90 Å². The van der Waals surface area contributed by atoms with E-state index in [1.54, 1.807) is 5.56 Å². The molecular formula is C37H54N4O2. The topological polar surface area (TPSA) is 61.6 Å². The van der Waals surface area contributed by atoms with E-state index in [0.29, 0.717) is 5.92 Å². The zero-order valence-corrected chi connectivity index (χ0v) is 26.8. The molecule has 43 heavy (non-hydrogen) atoms. The maximum Gasteiger partial charge on any atom is 0.290 e. The number of nitrogens with zero attached hydrogens (tertiary/aromatic N) is 4. The highest BCUT2D eigenvalue weighted by atomic mass is 16.3. The van der Waals surface area contributed by atoms with Crippen LogP contribution in [0.4, 0.5) is 0 Å². The van der Waals surface area contributed by atoms with Crippen LogP contribution in [0.1, 0.15) is 99.6 Å². The molecule has 234 valence electrons. The summed E-state index contributed by atoms with van der Waals surface area (Å²) in [6, 6.07) is 24.9. The predicted octanol–water partition coefficient (Wildman–Crippen LogP) is 7.45. The lowest BCUT2D eigenvalue weighted by atomic mass is 9.84. The van der Waals surface area contributed by atoms with Gasteiger partial charge in [0, 0.05) is 37.2 Å². The van der Waals surface area contributed by atoms with E-state index in [-0.39, 0.29) is 6.47 Å².